The number of amides is 1. The van der Waals surface area contributed by atoms with Crippen LogP contribution in [0.3, 0.4) is 0 Å². The second-order valence-electron chi connectivity index (χ2n) is 6.24. The lowest BCUT2D eigenvalue weighted by Crippen LogP contribution is -2.38. The highest BCUT2D eigenvalue weighted by atomic mass is 32.2. The zero-order valence-electron chi connectivity index (χ0n) is 15.3. The van der Waals surface area contributed by atoms with Crippen molar-refractivity contribution in [1.29, 1.82) is 0 Å². The Morgan fingerprint density at radius 2 is 1.89 bits per heavy atom. The van der Waals surface area contributed by atoms with Crippen molar-refractivity contribution in [2.45, 2.75) is 6.10 Å². The molecule has 3 rings (SSSR count). The monoisotopic (exact) mass is 419 g/mol. The van der Waals surface area contributed by atoms with Crippen molar-refractivity contribution in [2.24, 2.45) is 5.10 Å². The highest BCUT2D eigenvalue weighted by molar-refractivity contribution is 8.00. The van der Waals surface area contributed by atoms with E-state index in [4.69, 9.17) is 4.74 Å². The fraction of sp³-hybridized carbons (Fsp3) is 0.263. The number of rotatable bonds is 8. The third kappa shape index (κ3) is 5.74. The van der Waals surface area contributed by atoms with Gasteiger partial charge in [0.25, 0.3) is 5.91 Å². The summed E-state index contributed by atoms with van der Waals surface area (Å²) >= 11 is 1.86. The Hall–Kier alpha value is -2.52. The molecule has 0 bridgehead atoms. The van der Waals surface area contributed by atoms with E-state index in [0.29, 0.717) is 5.69 Å². The largest absolute Gasteiger partial charge is 0.489 e. The number of nitrogens with one attached hydrogen (secondary N) is 1. The number of carbonyl (C=O) groups excluding carboxylic acids is 1. The van der Waals surface area contributed by atoms with Gasteiger partial charge in [-0.25, -0.2) is 13.8 Å². The molecule has 1 N–H and O–H groups in total. The Balaban J connectivity index is 1.55. The Labute approximate surface area is 168 Å². The van der Waals surface area contributed by atoms with Crippen LogP contribution in [0.5, 0.6) is 5.75 Å². The van der Waals surface area contributed by atoms with E-state index in [1.165, 1.54) is 6.21 Å². The molecule has 0 atom stereocenters. The summed E-state index contributed by atoms with van der Waals surface area (Å²) in [6, 6.07) is 15.8. The topological polar surface area (TPSA) is 88.1 Å². The summed E-state index contributed by atoms with van der Waals surface area (Å²) in [5.41, 5.74) is 3.57. The van der Waals surface area contributed by atoms with Crippen LogP contribution in [0.25, 0.3) is 0 Å². The molecule has 1 aliphatic rings. The standard InChI is InChI=1S/C19H21N3O4S2/c1-28(24,25)22(16-5-3-2-4-6-16)12-19(23)21-20-11-15-7-9-17(10-8-15)26-18-13-27-14-18/h2-11,18H,12-14H2,1H3,(H,21,23)/b20-11+. The zero-order valence-corrected chi connectivity index (χ0v) is 16.9. The summed E-state index contributed by atoms with van der Waals surface area (Å²) in [6.45, 7) is -0.355. The van der Waals surface area contributed by atoms with Gasteiger partial charge in [0.1, 0.15) is 18.4 Å². The van der Waals surface area contributed by atoms with Gasteiger partial charge in [0.15, 0.2) is 0 Å². The van der Waals surface area contributed by atoms with E-state index in [1.807, 2.05) is 36.0 Å². The molecule has 0 aliphatic carbocycles. The maximum absolute atomic E-state index is 12.1. The summed E-state index contributed by atoms with van der Waals surface area (Å²) in [5, 5.41) is 3.90. The fourth-order valence-electron chi connectivity index (χ4n) is 2.45. The van der Waals surface area contributed by atoms with Crippen LogP contribution >= 0.6 is 11.8 Å². The molecule has 1 saturated heterocycles. The summed E-state index contributed by atoms with van der Waals surface area (Å²) in [4.78, 5) is 12.1. The van der Waals surface area contributed by atoms with Crippen LogP contribution in [0.4, 0.5) is 5.69 Å². The molecule has 9 heteroatoms. The highest BCUT2D eigenvalue weighted by Gasteiger charge is 2.20. The van der Waals surface area contributed by atoms with Gasteiger partial charge in [0.05, 0.1) is 18.2 Å². The van der Waals surface area contributed by atoms with E-state index >= 15 is 0 Å². The number of sulfonamides is 1. The van der Waals surface area contributed by atoms with Crippen LogP contribution < -0.4 is 14.5 Å². The smallest absolute Gasteiger partial charge is 0.260 e. The molecular weight excluding hydrogens is 398 g/mol. The number of hydrogen-bond donors (Lipinski definition) is 1. The molecule has 0 aromatic heterocycles. The summed E-state index contributed by atoms with van der Waals surface area (Å²) in [5.74, 6) is 2.30. The maximum atomic E-state index is 12.1. The van der Waals surface area contributed by atoms with Gasteiger partial charge in [-0.15, -0.1) is 0 Å². The number of nitrogens with zero attached hydrogens (tertiary/aromatic N) is 2. The van der Waals surface area contributed by atoms with Crippen molar-refractivity contribution < 1.29 is 17.9 Å². The average Bonchev–Trinajstić information content (AvgIpc) is 2.64. The second-order valence-corrected chi connectivity index (χ2v) is 9.23. The molecule has 2 aromatic rings. The van der Waals surface area contributed by atoms with Gasteiger partial charge in [-0.1, -0.05) is 18.2 Å². The molecule has 148 valence electrons. The summed E-state index contributed by atoms with van der Waals surface area (Å²) in [6.07, 6.45) is 2.84. The van der Waals surface area contributed by atoms with Crippen LogP contribution in [0.15, 0.2) is 59.7 Å². The predicted octanol–water partition coefficient (Wildman–Crippen LogP) is 2.10. The lowest BCUT2D eigenvalue weighted by molar-refractivity contribution is -0.119. The number of para-hydroxylation sites is 1. The molecule has 0 unspecified atom stereocenters. The van der Waals surface area contributed by atoms with E-state index < -0.39 is 15.9 Å². The third-order valence-electron chi connectivity index (χ3n) is 3.92. The highest BCUT2D eigenvalue weighted by Crippen LogP contribution is 2.23. The van der Waals surface area contributed by atoms with Crippen LogP contribution in [0, 0.1) is 0 Å². The Morgan fingerprint density at radius 1 is 1.21 bits per heavy atom. The fourth-order valence-corrected chi connectivity index (χ4v) is 3.87. The summed E-state index contributed by atoms with van der Waals surface area (Å²) in [7, 11) is -3.60. The quantitative estimate of drug-likeness (QED) is 0.523. The minimum atomic E-state index is -3.60. The van der Waals surface area contributed by atoms with Gasteiger partial charge in [-0.2, -0.15) is 16.9 Å². The van der Waals surface area contributed by atoms with Gasteiger partial charge in [0, 0.05) is 11.5 Å². The lowest BCUT2D eigenvalue weighted by atomic mass is 10.2. The first-order valence-corrected chi connectivity index (χ1v) is 11.6. The minimum Gasteiger partial charge on any atom is -0.489 e. The molecule has 1 heterocycles. The van der Waals surface area contributed by atoms with E-state index in [9.17, 15) is 13.2 Å². The van der Waals surface area contributed by atoms with Gasteiger partial charge >= 0.3 is 0 Å². The Kier molecular flexibility index (Phi) is 6.58. The molecule has 0 saturated carbocycles. The molecule has 28 heavy (non-hydrogen) atoms. The van der Waals surface area contributed by atoms with Gasteiger partial charge < -0.3 is 4.74 Å². The van der Waals surface area contributed by atoms with Crippen molar-refractivity contribution in [3.8, 4) is 5.75 Å². The number of hydrazone groups is 1. The van der Waals surface area contributed by atoms with Crippen LogP contribution in [0.1, 0.15) is 5.56 Å². The van der Waals surface area contributed by atoms with Crippen molar-refractivity contribution in [3.05, 3.63) is 60.2 Å². The van der Waals surface area contributed by atoms with Gasteiger partial charge in [-0.3, -0.25) is 9.10 Å². The molecule has 1 aliphatic heterocycles. The minimum absolute atomic E-state index is 0.284. The van der Waals surface area contributed by atoms with E-state index in [-0.39, 0.29) is 12.6 Å². The van der Waals surface area contributed by atoms with Crippen molar-refractivity contribution in [3.63, 3.8) is 0 Å². The van der Waals surface area contributed by atoms with E-state index in [2.05, 4.69) is 10.5 Å². The first-order chi connectivity index (χ1) is 13.4. The first kappa shape index (κ1) is 20.2. The number of carbonyl (C=O) groups is 1. The lowest BCUT2D eigenvalue weighted by Gasteiger charge is -2.25. The summed E-state index contributed by atoms with van der Waals surface area (Å²) < 4.78 is 30.8. The average molecular weight is 420 g/mol. The number of benzene rings is 2. The Bertz CT molecular complexity index is 927. The predicted molar refractivity (Wildman–Crippen MR) is 113 cm³/mol. The van der Waals surface area contributed by atoms with E-state index in [0.717, 1.165) is 33.4 Å². The normalized spacial score (nSPS) is 14.5. The first-order valence-electron chi connectivity index (χ1n) is 8.61. The molecule has 0 radical (unpaired) electrons. The van der Waals surface area contributed by atoms with Crippen molar-refractivity contribution in [1.82, 2.24) is 5.43 Å². The molecular formula is C19H21N3O4S2. The van der Waals surface area contributed by atoms with Crippen molar-refractivity contribution in [2.75, 3.05) is 28.6 Å². The molecule has 7 nitrogen and oxygen atoms in total. The Morgan fingerprint density at radius 3 is 2.46 bits per heavy atom. The zero-order chi connectivity index (χ0) is 20.0. The number of hydrogen-bond acceptors (Lipinski definition) is 6. The second kappa shape index (κ2) is 9.11. The van der Waals surface area contributed by atoms with Crippen LogP contribution in [-0.2, 0) is 14.8 Å². The molecule has 0 spiro atoms. The number of thioether (sulfide) groups is 1. The number of anilines is 1. The number of ether oxygens (including phenoxy) is 1. The van der Waals surface area contributed by atoms with Crippen molar-refractivity contribution >= 4 is 39.6 Å². The maximum Gasteiger partial charge on any atom is 0.260 e. The van der Waals surface area contributed by atoms with Gasteiger partial charge in [-0.05, 0) is 42.0 Å². The SMILES string of the molecule is CS(=O)(=O)N(CC(=O)N/N=C/c1ccc(OC2CSC2)cc1)c1ccccc1. The van der Waals surface area contributed by atoms with E-state index in [1.54, 1.807) is 30.3 Å². The molecule has 1 fully saturated rings. The van der Waals surface area contributed by atoms with Crippen LogP contribution in [0.2, 0.25) is 0 Å². The van der Waals surface area contributed by atoms with Gasteiger partial charge in [0.2, 0.25) is 10.0 Å². The third-order valence-corrected chi connectivity index (χ3v) is 6.28. The molecule has 2 aromatic carbocycles. The molecule has 1 amide bonds. The van der Waals surface area contributed by atoms with Crippen LogP contribution in [-0.4, -0.2) is 50.9 Å².